The number of imidazole rings is 1. The summed E-state index contributed by atoms with van der Waals surface area (Å²) in [5.74, 6) is -0.403. The van der Waals surface area contributed by atoms with Crippen LogP contribution in [0.2, 0.25) is 0 Å². The molecular weight excluding hydrogens is 211 g/mol. The monoisotopic (exact) mass is 224 g/mol. The highest BCUT2D eigenvalue weighted by atomic mass is 19.1. The average molecular weight is 224 g/mol. The van der Waals surface area contributed by atoms with Crippen molar-refractivity contribution in [3.63, 3.8) is 0 Å². The van der Waals surface area contributed by atoms with E-state index in [4.69, 9.17) is 4.74 Å². The van der Waals surface area contributed by atoms with Gasteiger partial charge in [-0.2, -0.15) is 0 Å². The van der Waals surface area contributed by atoms with Gasteiger partial charge in [-0.3, -0.25) is 4.57 Å². The average Bonchev–Trinajstić information content (AvgIpc) is 2.58. The summed E-state index contributed by atoms with van der Waals surface area (Å²) in [5.41, 5.74) is 0.585. The molecule has 2 rings (SSSR count). The second kappa shape index (κ2) is 4.49. The highest BCUT2D eigenvalue weighted by molar-refractivity contribution is 5.75. The van der Waals surface area contributed by atoms with Crippen LogP contribution in [0.4, 0.5) is 4.39 Å². The summed E-state index contributed by atoms with van der Waals surface area (Å²) in [6.07, 6.45) is 0.722. The molecule has 0 saturated carbocycles. The maximum atomic E-state index is 13.4. The van der Waals surface area contributed by atoms with E-state index in [-0.39, 0.29) is 11.2 Å². The Morgan fingerprint density at radius 3 is 3.06 bits per heavy atom. The molecule has 5 heteroatoms. The highest BCUT2D eigenvalue weighted by Gasteiger charge is 2.09. The molecule has 1 aromatic carbocycles. The Hall–Kier alpha value is -1.62. The molecule has 0 aliphatic heterocycles. The maximum absolute atomic E-state index is 13.4. The van der Waals surface area contributed by atoms with Crippen LogP contribution in [0.1, 0.15) is 6.42 Å². The molecule has 0 amide bonds. The lowest BCUT2D eigenvalue weighted by Gasteiger charge is -2.02. The molecule has 86 valence electrons. The fourth-order valence-corrected chi connectivity index (χ4v) is 1.73. The van der Waals surface area contributed by atoms with Gasteiger partial charge in [-0.15, -0.1) is 0 Å². The Balaban J connectivity index is 2.40. The summed E-state index contributed by atoms with van der Waals surface area (Å²) >= 11 is 0. The highest BCUT2D eigenvalue weighted by Crippen LogP contribution is 2.13. The van der Waals surface area contributed by atoms with Gasteiger partial charge in [0.1, 0.15) is 11.3 Å². The van der Waals surface area contributed by atoms with E-state index in [1.807, 2.05) is 0 Å². The van der Waals surface area contributed by atoms with E-state index in [2.05, 4.69) is 4.98 Å². The summed E-state index contributed by atoms with van der Waals surface area (Å²) in [7, 11) is 1.61. The van der Waals surface area contributed by atoms with E-state index in [1.54, 1.807) is 19.2 Å². The minimum absolute atomic E-state index is 0.268. The smallest absolute Gasteiger partial charge is 0.326 e. The van der Waals surface area contributed by atoms with Crippen molar-refractivity contribution in [2.24, 2.45) is 0 Å². The number of methoxy groups -OCH3 is 1. The van der Waals surface area contributed by atoms with Crippen LogP contribution in [-0.2, 0) is 11.3 Å². The minimum Gasteiger partial charge on any atom is -0.385 e. The number of H-pyrrole nitrogens is 1. The number of aryl methyl sites for hydroxylation is 1. The molecule has 0 fully saturated rings. The van der Waals surface area contributed by atoms with Gasteiger partial charge < -0.3 is 9.72 Å². The van der Waals surface area contributed by atoms with Gasteiger partial charge in [-0.05, 0) is 18.6 Å². The van der Waals surface area contributed by atoms with Crippen molar-refractivity contribution in [3.05, 3.63) is 34.5 Å². The lowest BCUT2D eigenvalue weighted by molar-refractivity contribution is 0.190. The van der Waals surface area contributed by atoms with Crippen molar-refractivity contribution in [1.29, 1.82) is 0 Å². The van der Waals surface area contributed by atoms with Crippen LogP contribution < -0.4 is 5.69 Å². The van der Waals surface area contributed by atoms with Gasteiger partial charge in [-0.1, -0.05) is 6.07 Å². The Kier molecular flexibility index (Phi) is 3.05. The van der Waals surface area contributed by atoms with Crippen molar-refractivity contribution in [2.75, 3.05) is 13.7 Å². The van der Waals surface area contributed by atoms with Gasteiger partial charge in [-0.25, -0.2) is 9.18 Å². The Morgan fingerprint density at radius 2 is 2.31 bits per heavy atom. The number of hydrogen-bond acceptors (Lipinski definition) is 2. The third-order valence-corrected chi connectivity index (χ3v) is 2.49. The fourth-order valence-electron chi connectivity index (χ4n) is 1.73. The lowest BCUT2D eigenvalue weighted by Crippen LogP contribution is -2.17. The van der Waals surface area contributed by atoms with Gasteiger partial charge in [0.05, 0.1) is 5.52 Å². The largest absolute Gasteiger partial charge is 0.385 e. The van der Waals surface area contributed by atoms with Gasteiger partial charge >= 0.3 is 5.69 Å². The van der Waals surface area contributed by atoms with Crippen LogP contribution in [0.5, 0.6) is 0 Å². The molecule has 16 heavy (non-hydrogen) atoms. The molecule has 1 heterocycles. The molecular formula is C11H13FN2O2. The fraction of sp³-hybridized carbons (Fsp3) is 0.364. The van der Waals surface area contributed by atoms with Crippen molar-refractivity contribution in [2.45, 2.75) is 13.0 Å². The first-order valence-electron chi connectivity index (χ1n) is 5.10. The van der Waals surface area contributed by atoms with Gasteiger partial charge in [0.2, 0.25) is 0 Å². The third kappa shape index (κ3) is 1.86. The number of ether oxygens (including phenoxy) is 1. The second-order valence-corrected chi connectivity index (χ2v) is 3.56. The Bertz CT molecular complexity index is 544. The number of hydrogen-bond donors (Lipinski definition) is 1. The Labute approximate surface area is 91.7 Å². The molecule has 0 spiro atoms. The molecule has 0 aliphatic rings. The molecule has 0 unspecified atom stereocenters. The molecule has 0 radical (unpaired) electrons. The molecule has 4 nitrogen and oxygen atoms in total. The number of halogens is 1. The van der Waals surface area contributed by atoms with Gasteiger partial charge in [0.25, 0.3) is 0 Å². The lowest BCUT2D eigenvalue weighted by atomic mass is 10.3. The van der Waals surface area contributed by atoms with E-state index < -0.39 is 5.82 Å². The molecule has 0 saturated heterocycles. The third-order valence-electron chi connectivity index (χ3n) is 2.49. The maximum Gasteiger partial charge on any atom is 0.326 e. The quantitative estimate of drug-likeness (QED) is 0.800. The number of aromatic amines is 1. The summed E-state index contributed by atoms with van der Waals surface area (Å²) in [5, 5.41) is 0. The zero-order valence-corrected chi connectivity index (χ0v) is 9.00. The van der Waals surface area contributed by atoms with Crippen molar-refractivity contribution in [3.8, 4) is 0 Å². The summed E-state index contributed by atoms with van der Waals surface area (Å²) in [6, 6.07) is 4.65. The van der Waals surface area contributed by atoms with Gasteiger partial charge in [0, 0.05) is 20.3 Å². The van der Waals surface area contributed by atoms with Crippen LogP contribution in [0.25, 0.3) is 11.0 Å². The molecule has 1 aromatic heterocycles. The number of fused-ring (bicyclic) bond motifs is 1. The normalized spacial score (nSPS) is 11.1. The van der Waals surface area contributed by atoms with E-state index >= 15 is 0 Å². The van der Waals surface area contributed by atoms with E-state index in [0.29, 0.717) is 18.7 Å². The number of nitrogens with zero attached hydrogens (tertiary/aromatic N) is 1. The van der Waals surface area contributed by atoms with Crippen LogP contribution in [0.3, 0.4) is 0 Å². The van der Waals surface area contributed by atoms with Crippen LogP contribution in [0.15, 0.2) is 23.0 Å². The predicted molar refractivity (Wildman–Crippen MR) is 59.0 cm³/mol. The standard InChI is InChI=1S/C11H13FN2O2/c1-16-7-3-6-14-9-5-2-4-8(12)10(9)13-11(14)15/h2,4-5H,3,6-7H2,1H3,(H,13,15). The molecule has 1 N–H and O–H groups in total. The van der Waals surface area contributed by atoms with Crippen molar-refractivity contribution in [1.82, 2.24) is 9.55 Å². The molecule has 0 bridgehead atoms. The predicted octanol–water partition coefficient (Wildman–Crippen LogP) is 1.51. The first-order valence-corrected chi connectivity index (χ1v) is 5.10. The van der Waals surface area contributed by atoms with E-state index in [1.165, 1.54) is 10.6 Å². The van der Waals surface area contributed by atoms with Crippen molar-refractivity contribution >= 4 is 11.0 Å². The zero-order chi connectivity index (χ0) is 11.5. The SMILES string of the molecule is COCCCn1c(=O)[nH]c2c(F)cccc21. The van der Waals surface area contributed by atoms with Crippen molar-refractivity contribution < 1.29 is 9.13 Å². The minimum atomic E-state index is -0.403. The van der Waals surface area contributed by atoms with E-state index in [0.717, 1.165) is 6.42 Å². The number of rotatable bonds is 4. The number of benzene rings is 1. The summed E-state index contributed by atoms with van der Waals surface area (Å²) < 4.78 is 19.8. The zero-order valence-electron chi connectivity index (χ0n) is 9.00. The molecule has 0 aliphatic carbocycles. The molecule has 2 aromatic rings. The summed E-state index contributed by atoms with van der Waals surface area (Å²) in [6.45, 7) is 1.10. The number of nitrogens with one attached hydrogen (secondary N) is 1. The second-order valence-electron chi connectivity index (χ2n) is 3.56. The van der Waals surface area contributed by atoms with Gasteiger partial charge in [0.15, 0.2) is 0 Å². The summed E-state index contributed by atoms with van der Waals surface area (Å²) in [4.78, 5) is 14.1. The number of aromatic nitrogens is 2. The van der Waals surface area contributed by atoms with Crippen LogP contribution in [-0.4, -0.2) is 23.3 Å². The topological polar surface area (TPSA) is 47.0 Å². The first-order chi connectivity index (χ1) is 7.74. The van der Waals surface area contributed by atoms with E-state index in [9.17, 15) is 9.18 Å². The Morgan fingerprint density at radius 1 is 1.50 bits per heavy atom. The number of para-hydroxylation sites is 1. The van der Waals surface area contributed by atoms with Crippen LogP contribution >= 0.6 is 0 Å². The van der Waals surface area contributed by atoms with Crippen LogP contribution in [0, 0.1) is 5.82 Å². The molecule has 0 atom stereocenters. The first kappa shape index (κ1) is 10.9.